The third-order valence-corrected chi connectivity index (χ3v) is 6.34. The molecule has 214 valence electrons. The molecular formula is C30H25F2N5O5. The SMILES string of the molecule is COC(=O)C1=C(C#N)NC(C)=C(C(=O)Nc2ccccc2OC)C1c1cccc(NC(=O)Nc2ccc(F)cc2F)c1. The van der Waals surface area contributed by atoms with Crippen LogP contribution in [0.1, 0.15) is 18.4 Å². The normalized spacial score (nSPS) is 14.3. The number of esters is 1. The van der Waals surface area contributed by atoms with Crippen molar-refractivity contribution in [1.82, 2.24) is 5.32 Å². The zero-order chi connectivity index (χ0) is 30.4. The molecule has 4 rings (SSSR count). The second-order valence-corrected chi connectivity index (χ2v) is 8.97. The van der Waals surface area contributed by atoms with Crippen LogP contribution >= 0.6 is 0 Å². The Bertz CT molecular complexity index is 1680. The molecule has 3 amide bonds. The van der Waals surface area contributed by atoms with Crippen LogP contribution < -0.4 is 26.0 Å². The van der Waals surface area contributed by atoms with E-state index in [0.717, 1.165) is 19.2 Å². The fraction of sp³-hybridized carbons (Fsp3) is 0.133. The number of nitrogens with one attached hydrogen (secondary N) is 4. The van der Waals surface area contributed by atoms with Crippen molar-refractivity contribution in [3.05, 3.63) is 106 Å². The molecule has 12 heteroatoms. The third kappa shape index (κ3) is 6.20. The molecule has 4 N–H and O–H groups in total. The van der Waals surface area contributed by atoms with Crippen LogP contribution in [0.3, 0.4) is 0 Å². The largest absolute Gasteiger partial charge is 0.495 e. The number of urea groups is 1. The lowest BCUT2D eigenvalue weighted by Gasteiger charge is -2.30. The Morgan fingerprint density at radius 3 is 2.36 bits per heavy atom. The van der Waals surface area contributed by atoms with Crippen molar-refractivity contribution >= 4 is 35.0 Å². The Morgan fingerprint density at radius 2 is 1.67 bits per heavy atom. The van der Waals surface area contributed by atoms with Gasteiger partial charge in [-0.3, -0.25) is 4.79 Å². The number of nitriles is 1. The average Bonchev–Trinajstić information content (AvgIpc) is 2.97. The van der Waals surface area contributed by atoms with E-state index in [1.165, 1.54) is 19.2 Å². The van der Waals surface area contributed by atoms with Gasteiger partial charge in [0, 0.05) is 23.0 Å². The summed E-state index contributed by atoms with van der Waals surface area (Å²) >= 11 is 0. The number of anilines is 3. The van der Waals surface area contributed by atoms with Gasteiger partial charge in [-0.25, -0.2) is 18.4 Å². The van der Waals surface area contributed by atoms with E-state index in [9.17, 15) is 28.4 Å². The summed E-state index contributed by atoms with van der Waals surface area (Å²) in [6.45, 7) is 1.59. The molecule has 0 aliphatic carbocycles. The molecule has 42 heavy (non-hydrogen) atoms. The van der Waals surface area contributed by atoms with Crippen LogP contribution in [0.15, 0.2) is 89.3 Å². The molecule has 3 aromatic rings. The molecule has 1 aliphatic rings. The van der Waals surface area contributed by atoms with Gasteiger partial charge in [-0.1, -0.05) is 24.3 Å². The molecule has 1 heterocycles. The number of allylic oxidation sites excluding steroid dienone is 2. The van der Waals surface area contributed by atoms with Crippen LogP contribution in [0.2, 0.25) is 0 Å². The summed E-state index contributed by atoms with van der Waals surface area (Å²) in [7, 11) is 2.61. The number of rotatable bonds is 7. The zero-order valence-electron chi connectivity index (χ0n) is 22.7. The maximum Gasteiger partial charge on any atom is 0.337 e. The summed E-state index contributed by atoms with van der Waals surface area (Å²) in [4.78, 5) is 39.3. The maximum atomic E-state index is 14.0. The Labute approximate surface area is 239 Å². The fourth-order valence-electron chi connectivity index (χ4n) is 4.49. The standard InChI is InChI=1S/C30H25F2N5O5/c1-16-25(28(38)36-22-9-4-5-10-24(22)41-2)26(27(29(39)42-3)23(15-33)34-16)17-7-6-8-19(13-17)35-30(40)37-21-12-11-18(31)14-20(21)32/h4-14,26,34H,1-3H3,(H,36,38)(H2,35,37,40). The number of para-hydroxylation sites is 2. The first-order chi connectivity index (χ1) is 20.2. The number of dihydropyridines is 1. The number of halogens is 2. The van der Waals surface area contributed by atoms with E-state index in [2.05, 4.69) is 21.3 Å². The number of benzene rings is 3. The summed E-state index contributed by atoms with van der Waals surface area (Å²) < 4.78 is 37.6. The number of hydrogen-bond acceptors (Lipinski definition) is 7. The fourth-order valence-corrected chi connectivity index (χ4v) is 4.49. The van der Waals surface area contributed by atoms with Gasteiger partial charge in [-0.15, -0.1) is 0 Å². The van der Waals surface area contributed by atoms with Crippen LogP contribution in [0.25, 0.3) is 0 Å². The topological polar surface area (TPSA) is 142 Å². The highest BCUT2D eigenvalue weighted by Crippen LogP contribution is 2.40. The molecule has 1 unspecified atom stereocenters. The van der Waals surface area contributed by atoms with Crippen molar-refractivity contribution in [3.8, 4) is 11.8 Å². The van der Waals surface area contributed by atoms with Gasteiger partial charge in [-0.05, 0) is 48.9 Å². The minimum absolute atomic E-state index is 0.107. The predicted octanol–water partition coefficient (Wildman–Crippen LogP) is 5.17. The molecule has 0 spiro atoms. The van der Waals surface area contributed by atoms with E-state index < -0.39 is 35.5 Å². The van der Waals surface area contributed by atoms with Crippen molar-refractivity contribution in [1.29, 1.82) is 5.26 Å². The second kappa shape index (κ2) is 12.6. The van der Waals surface area contributed by atoms with Crippen molar-refractivity contribution in [3.63, 3.8) is 0 Å². The Balaban J connectivity index is 1.73. The van der Waals surface area contributed by atoms with Crippen LogP contribution in [-0.4, -0.2) is 32.1 Å². The van der Waals surface area contributed by atoms with E-state index in [0.29, 0.717) is 28.8 Å². The number of ether oxygens (including phenoxy) is 2. The van der Waals surface area contributed by atoms with Crippen LogP contribution in [0.5, 0.6) is 5.75 Å². The van der Waals surface area contributed by atoms with Gasteiger partial charge >= 0.3 is 12.0 Å². The molecule has 0 fully saturated rings. The van der Waals surface area contributed by atoms with E-state index in [-0.39, 0.29) is 28.2 Å². The molecule has 1 atom stereocenters. The Hall–Kier alpha value is -5.70. The van der Waals surface area contributed by atoms with Gasteiger partial charge in [0.1, 0.15) is 29.2 Å². The summed E-state index contributed by atoms with van der Waals surface area (Å²) in [6, 6.07) is 16.8. The van der Waals surface area contributed by atoms with Gasteiger partial charge in [0.05, 0.1) is 37.1 Å². The van der Waals surface area contributed by atoms with Gasteiger partial charge in [-0.2, -0.15) is 5.26 Å². The minimum atomic E-state index is -1.09. The number of amides is 3. The smallest absolute Gasteiger partial charge is 0.337 e. The maximum absolute atomic E-state index is 14.0. The van der Waals surface area contributed by atoms with Crippen molar-refractivity contribution in [2.75, 3.05) is 30.2 Å². The van der Waals surface area contributed by atoms with Crippen molar-refractivity contribution < 1.29 is 32.6 Å². The lowest BCUT2D eigenvalue weighted by atomic mass is 9.79. The molecule has 1 aliphatic heterocycles. The highest BCUT2D eigenvalue weighted by molar-refractivity contribution is 6.09. The molecule has 10 nitrogen and oxygen atoms in total. The number of hydrogen-bond donors (Lipinski definition) is 4. The first kappa shape index (κ1) is 29.3. The number of methoxy groups -OCH3 is 2. The minimum Gasteiger partial charge on any atom is -0.495 e. The zero-order valence-corrected chi connectivity index (χ0v) is 22.7. The quantitative estimate of drug-likeness (QED) is 0.286. The molecule has 0 saturated carbocycles. The van der Waals surface area contributed by atoms with E-state index in [1.54, 1.807) is 43.3 Å². The van der Waals surface area contributed by atoms with Crippen LogP contribution in [-0.2, 0) is 14.3 Å². The van der Waals surface area contributed by atoms with Gasteiger partial charge < -0.3 is 30.7 Å². The lowest BCUT2D eigenvalue weighted by Crippen LogP contribution is -2.34. The molecule has 0 bridgehead atoms. The van der Waals surface area contributed by atoms with Crippen LogP contribution in [0, 0.1) is 23.0 Å². The molecule has 3 aromatic carbocycles. The van der Waals surface area contributed by atoms with E-state index >= 15 is 0 Å². The summed E-state index contributed by atoms with van der Waals surface area (Å²) in [5, 5.41) is 20.3. The molecule has 0 aromatic heterocycles. The Kier molecular flexibility index (Phi) is 8.82. The number of nitrogens with zero attached hydrogens (tertiary/aromatic N) is 1. The highest BCUT2D eigenvalue weighted by atomic mass is 19.1. The van der Waals surface area contributed by atoms with Gasteiger partial charge in [0.25, 0.3) is 5.91 Å². The predicted molar refractivity (Wildman–Crippen MR) is 150 cm³/mol. The average molecular weight is 574 g/mol. The molecular weight excluding hydrogens is 548 g/mol. The van der Waals surface area contributed by atoms with Crippen LogP contribution in [0.4, 0.5) is 30.6 Å². The number of carbonyl (C=O) groups is 3. The van der Waals surface area contributed by atoms with E-state index in [1.807, 2.05) is 6.07 Å². The summed E-state index contributed by atoms with van der Waals surface area (Å²) in [5.41, 5.74) is 0.892. The number of carbonyl (C=O) groups excluding carboxylic acids is 3. The summed E-state index contributed by atoms with van der Waals surface area (Å²) in [6.07, 6.45) is 0. The van der Waals surface area contributed by atoms with Crippen molar-refractivity contribution in [2.24, 2.45) is 0 Å². The lowest BCUT2D eigenvalue weighted by molar-refractivity contribution is -0.136. The first-order valence-electron chi connectivity index (χ1n) is 12.4. The molecule has 0 radical (unpaired) electrons. The third-order valence-electron chi connectivity index (χ3n) is 6.34. The van der Waals surface area contributed by atoms with Gasteiger partial charge in [0.15, 0.2) is 0 Å². The highest BCUT2D eigenvalue weighted by Gasteiger charge is 2.38. The molecule has 0 saturated heterocycles. The second-order valence-electron chi connectivity index (χ2n) is 8.97. The first-order valence-corrected chi connectivity index (χ1v) is 12.4. The van der Waals surface area contributed by atoms with E-state index in [4.69, 9.17) is 9.47 Å². The monoisotopic (exact) mass is 573 g/mol. The van der Waals surface area contributed by atoms with Gasteiger partial charge in [0.2, 0.25) is 0 Å². The van der Waals surface area contributed by atoms with Crippen molar-refractivity contribution in [2.45, 2.75) is 12.8 Å². The Morgan fingerprint density at radius 1 is 0.905 bits per heavy atom. The summed E-state index contributed by atoms with van der Waals surface area (Å²) in [5.74, 6) is -3.88.